The first-order valence-electron chi connectivity index (χ1n) is 8.34. The molecule has 2 atom stereocenters. The Morgan fingerprint density at radius 1 is 1.11 bits per heavy atom. The van der Waals surface area contributed by atoms with Gasteiger partial charge in [-0.15, -0.1) is 0 Å². The highest BCUT2D eigenvalue weighted by molar-refractivity contribution is 5.92. The van der Waals surface area contributed by atoms with Gasteiger partial charge in [0.1, 0.15) is 11.8 Å². The highest BCUT2D eigenvalue weighted by atomic mass is 16.5. The van der Waals surface area contributed by atoms with Gasteiger partial charge in [0.15, 0.2) is 13.2 Å². The number of ether oxygens (including phenoxy) is 3. The van der Waals surface area contributed by atoms with Gasteiger partial charge in [-0.2, -0.15) is 0 Å². The Morgan fingerprint density at radius 3 is 2.26 bits per heavy atom. The molecule has 0 saturated carbocycles. The van der Waals surface area contributed by atoms with E-state index in [-0.39, 0.29) is 18.1 Å². The van der Waals surface area contributed by atoms with Gasteiger partial charge in [0, 0.05) is 0 Å². The molecule has 0 saturated heterocycles. The third-order valence-electron chi connectivity index (χ3n) is 3.79. The van der Waals surface area contributed by atoms with E-state index in [1.807, 2.05) is 6.92 Å². The zero-order chi connectivity index (χ0) is 20.4. The minimum absolute atomic E-state index is 0.134. The Balaban J connectivity index is 2.56. The van der Waals surface area contributed by atoms with Crippen LogP contribution in [0, 0.1) is 5.92 Å². The predicted octanol–water partition coefficient (Wildman–Crippen LogP) is 0.411. The number of carbonyl (C=O) groups excluding carboxylic acids is 4. The van der Waals surface area contributed by atoms with Gasteiger partial charge in [-0.05, 0) is 30.2 Å². The summed E-state index contributed by atoms with van der Waals surface area (Å²) in [5.41, 5.74) is 5.17. The maximum Gasteiger partial charge on any atom is 0.338 e. The minimum atomic E-state index is -0.812. The summed E-state index contributed by atoms with van der Waals surface area (Å²) in [5.74, 6) is -2.28. The number of hydrogen-bond donors (Lipinski definition) is 2. The number of primary amides is 1. The van der Waals surface area contributed by atoms with Gasteiger partial charge in [0.05, 0.1) is 12.7 Å². The minimum Gasteiger partial charge on any atom is -0.484 e. The SMILES string of the molecule is CC[C@@H](C)[C@H](NC(=O)COC(=O)c1ccc(OCC(N)=O)cc1)C(=O)OC. The molecular formula is C18H24N2O7. The summed E-state index contributed by atoms with van der Waals surface area (Å²) in [6, 6.07) is 4.97. The van der Waals surface area contributed by atoms with Gasteiger partial charge in [-0.1, -0.05) is 20.3 Å². The normalized spacial score (nSPS) is 12.4. The van der Waals surface area contributed by atoms with Gasteiger partial charge in [-0.25, -0.2) is 9.59 Å². The highest BCUT2D eigenvalue weighted by Crippen LogP contribution is 2.13. The summed E-state index contributed by atoms with van der Waals surface area (Å²) in [6.45, 7) is 2.86. The van der Waals surface area contributed by atoms with Crippen molar-refractivity contribution in [3.8, 4) is 5.75 Å². The zero-order valence-corrected chi connectivity index (χ0v) is 15.5. The number of carbonyl (C=O) groups is 4. The van der Waals surface area contributed by atoms with E-state index in [1.54, 1.807) is 6.92 Å². The summed E-state index contributed by atoms with van der Waals surface area (Å²) in [5, 5.41) is 2.51. The lowest BCUT2D eigenvalue weighted by Gasteiger charge is -2.21. The van der Waals surface area contributed by atoms with Crippen molar-refractivity contribution in [2.24, 2.45) is 11.7 Å². The Bertz CT molecular complexity index is 673. The Labute approximate surface area is 157 Å². The lowest BCUT2D eigenvalue weighted by Crippen LogP contribution is -2.47. The maximum atomic E-state index is 12.0. The number of nitrogens with one attached hydrogen (secondary N) is 1. The Kier molecular flexibility index (Phi) is 8.77. The number of hydrogen-bond acceptors (Lipinski definition) is 7. The van der Waals surface area contributed by atoms with Crippen LogP contribution in [0.3, 0.4) is 0 Å². The number of rotatable bonds is 10. The first kappa shape index (κ1) is 21.9. The van der Waals surface area contributed by atoms with Crippen molar-refractivity contribution in [1.82, 2.24) is 5.32 Å². The molecule has 0 aliphatic rings. The first-order chi connectivity index (χ1) is 12.8. The molecule has 0 aromatic heterocycles. The third-order valence-corrected chi connectivity index (χ3v) is 3.79. The molecule has 0 fully saturated rings. The standard InChI is InChI=1S/C18H24N2O7/c1-4-11(2)16(18(24)25-3)20-15(22)10-27-17(23)12-5-7-13(8-6-12)26-9-14(19)21/h5-8,11,16H,4,9-10H2,1-3H3,(H2,19,21)(H,20,22)/t11-,16+/m1/s1. The van der Waals surface area contributed by atoms with Crippen molar-refractivity contribution < 1.29 is 33.4 Å². The molecule has 0 radical (unpaired) electrons. The number of benzene rings is 1. The summed E-state index contributed by atoms with van der Waals surface area (Å²) in [6.07, 6.45) is 0.657. The summed E-state index contributed by atoms with van der Waals surface area (Å²) in [4.78, 5) is 46.4. The van der Waals surface area contributed by atoms with Gasteiger partial charge in [0.25, 0.3) is 11.8 Å². The molecule has 0 bridgehead atoms. The second kappa shape index (κ2) is 10.8. The van der Waals surface area contributed by atoms with E-state index < -0.39 is 36.4 Å². The van der Waals surface area contributed by atoms with Crippen LogP contribution in [0.25, 0.3) is 0 Å². The second-order valence-electron chi connectivity index (χ2n) is 5.81. The largest absolute Gasteiger partial charge is 0.484 e. The van der Waals surface area contributed by atoms with Crippen LogP contribution in [-0.4, -0.2) is 50.1 Å². The lowest BCUT2D eigenvalue weighted by molar-refractivity contribution is -0.147. The van der Waals surface area contributed by atoms with Gasteiger partial charge in [-0.3, -0.25) is 9.59 Å². The molecule has 0 aliphatic carbocycles. The number of esters is 2. The monoisotopic (exact) mass is 380 g/mol. The average Bonchev–Trinajstić information content (AvgIpc) is 2.67. The van der Waals surface area contributed by atoms with E-state index in [2.05, 4.69) is 10.1 Å². The van der Waals surface area contributed by atoms with Crippen LogP contribution >= 0.6 is 0 Å². The molecule has 3 N–H and O–H groups in total. The van der Waals surface area contributed by atoms with Crippen LogP contribution in [0.4, 0.5) is 0 Å². The van der Waals surface area contributed by atoms with Gasteiger partial charge >= 0.3 is 11.9 Å². The van der Waals surface area contributed by atoms with Crippen LogP contribution in [0.15, 0.2) is 24.3 Å². The van der Waals surface area contributed by atoms with Crippen molar-refractivity contribution in [3.63, 3.8) is 0 Å². The maximum absolute atomic E-state index is 12.0. The summed E-state index contributed by atoms with van der Waals surface area (Å²) in [7, 11) is 1.24. The van der Waals surface area contributed by atoms with Crippen molar-refractivity contribution >= 4 is 23.8 Å². The van der Waals surface area contributed by atoms with Crippen LogP contribution in [-0.2, 0) is 23.9 Å². The Hall–Kier alpha value is -3.10. The number of nitrogens with two attached hydrogens (primary N) is 1. The quantitative estimate of drug-likeness (QED) is 0.562. The van der Waals surface area contributed by atoms with Crippen molar-refractivity contribution in [2.75, 3.05) is 20.3 Å². The summed E-state index contributed by atoms with van der Waals surface area (Å²) < 4.78 is 14.7. The molecule has 1 aromatic rings. The van der Waals surface area contributed by atoms with Crippen LogP contribution < -0.4 is 15.8 Å². The van der Waals surface area contributed by atoms with E-state index in [4.69, 9.17) is 15.2 Å². The molecule has 9 nitrogen and oxygen atoms in total. The number of methoxy groups -OCH3 is 1. The van der Waals surface area contributed by atoms with Gasteiger partial charge < -0.3 is 25.3 Å². The van der Waals surface area contributed by atoms with Crippen LogP contribution in [0.2, 0.25) is 0 Å². The molecule has 2 amide bonds. The van der Waals surface area contributed by atoms with Crippen molar-refractivity contribution in [1.29, 1.82) is 0 Å². The third kappa shape index (κ3) is 7.35. The summed E-state index contributed by atoms with van der Waals surface area (Å²) >= 11 is 0. The van der Waals surface area contributed by atoms with E-state index >= 15 is 0 Å². The molecule has 27 heavy (non-hydrogen) atoms. The van der Waals surface area contributed by atoms with E-state index in [9.17, 15) is 19.2 Å². The van der Waals surface area contributed by atoms with Crippen LogP contribution in [0.5, 0.6) is 5.75 Å². The zero-order valence-electron chi connectivity index (χ0n) is 15.5. The molecule has 1 rings (SSSR count). The molecule has 0 spiro atoms. The first-order valence-corrected chi connectivity index (χ1v) is 8.34. The number of amides is 2. The van der Waals surface area contributed by atoms with Crippen molar-refractivity contribution in [3.05, 3.63) is 29.8 Å². The smallest absolute Gasteiger partial charge is 0.338 e. The highest BCUT2D eigenvalue weighted by Gasteiger charge is 2.27. The fourth-order valence-electron chi connectivity index (χ4n) is 2.07. The fourth-order valence-corrected chi connectivity index (χ4v) is 2.07. The molecular weight excluding hydrogens is 356 g/mol. The molecule has 0 aliphatic heterocycles. The van der Waals surface area contributed by atoms with E-state index in [0.717, 1.165) is 0 Å². The topological polar surface area (TPSA) is 134 Å². The molecule has 0 heterocycles. The van der Waals surface area contributed by atoms with E-state index in [1.165, 1.54) is 31.4 Å². The van der Waals surface area contributed by atoms with Crippen LogP contribution in [0.1, 0.15) is 30.6 Å². The van der Waals surface area contributed by atoms with E-state index in [0.29, 0.717) is 12.2 Å². The van der Waals surface area contributed by atoms with Crippen molar-refractivity contribution in [2.45, 2.75) is 26.3 Å². The lowest BCUT2D eigenvalue weighted by atomic mass is 9.99. The molecule has 1 aromatic carbocycles. The fraction of sp³-hybridized carbons (Fsp3) is 0.444. The molecule has 0 unspecified atom stereocenters. The second-order valence-corrected chi connectivity index (χ2v) is 5.81. The molecule has 148 valence electrons. The Morgan fingerprint density at radius 2 is 1.74 bits per heavy atom. The predicted molar refractivity (Wildman–Crippen MR) is 94.8 cm³/mol. The average molecular weight is 380 g/mol. The van der Waals surface area contributed by atoms with Gasteiger partial charge in [0.2, 0.25) is 0 Å². The molecule has 9 heteroatoms.